The normalized spacial score (nSPS) is 27.1. The minimum Gasteiger partial charge on any atom is -0.325 e. The molecule has 1 aromatic rings. The summed E-state index contributed by atoms with van der Waals surface area (Å²) in [6, 6.07) is 3.86. The first-order valence-corrected chi connectivity index (χ1v) is 8.12. The lowest BCUT2D eigenvalue weighted by molar-refractivity contribution is -0.115. The Bertz CT molecular complexity index is 536. The van der Waals surface area contributed by atoms with Crippen LogP contribution >= 0.6 is 23.2 Å². The van der Waals surface area contributed by atoms with Gasteiger partial charge in [0.05, 0.1) is 11.8 Å². The molecule has 0 radical (unpaired) electrons. The molecule has 2 nitrogen and oxygen atoms in total. The topological polar surface area (TPSA) is 29.1 Å². The van der Waals surface area contributed by atoms with Crippen LogP contribution in [0, 0.1) is 11.8 Å². The van der Waals surface area contributed by atoms with Crippen LogP contribution in [0.3, 0.4) is 0 Å². The fourth-order valence-electron chi connectivity index (χ4n) is 3.31. The van der Waals surface area contributed by atoms with Gasteiger partial charge in [0.15, 0.2) is 0 Å². The van der Waals surface area contributed by atoms with Crippen molar-refractivity contribution in [1.29, 1.82) is 0 Å². The van der Waals surface area contributed by atoms with Gasteiger partial charge in [-0.3, -0.25) is 4.79 Å². The Morgan fingerprint density at radius 1 is 1.25 bits per heavy atom. The molecule has 1 heterocycles. The Morgan fingerprint density at radius 2 is 1.95 bits per heavy atom. The van der Waals surface area contributed by atoms with E-state index in [4.69, 9.17) is 23.2 Å². The third kappa shape index (κ3) is 2.68. The second kappa shape index (κ2) is 5.57. The van der Waals surface area contributed by atoms with Gasteiger partial charge in [0.1, 0.15) is 0 Å². The van der Waals surface area contributed by atoms with Gasteiger partial charge in [-0.1, -0.05) is 37.4 Å². The van der Waals surface area contributed by atoms with E-state index < -0.39 is 0 Å². The fraction of sp³-hybridized carbons (Fsp3) is 0.562. The van der Waals surface area contributed by atoms with E-state index in [1.54, 1.807) is 0 Å². The highest BCUT2D eigenvalue weighted by molar-refractivity contribution is 6.33. The zero-order valence-corrected chi connectivity index (χ0v) is 13.1. The number of carbonyl (C=O) groups is 1. The molecule has 108 valence electrons. The van der Waals surface area contributed by atoms with Crippen molar-refractivity contribution >= 4 is 34.8 Å². The molecule has 4 heteroatoms. The average molecular weight is 312 g/mol. The Balaban J connectivity index is 1.83. The average Bonchev–Trinajstić information content (AvgIpc) is 2.77. The van der Waals surface area contributed by atoms with Crippen molar-refractivity contribution in [2.24, 2.45) is 11.8 Å². The lowest BCUT2D eigenvalue weighted by Gasteiger charge is -2.30. The number of amides is 1. The van der Waals surface area contributed by atoms with Crippen molar-refractivity contribution < 1.29 is 4.79 Å². The van der Waals surface area contributed by atoms with Gasteiger partial charge in [0.2, 0.25) is 5.91 Å². The van der Waals surface area contributed by atoms with Crippen LogP contribution in [-0.2, 0) is 11.2 Å². The molecule has 1 fully saturated rings. The molecule has 0 saturated heterocycles. The molecule has 20 heavy (non-hydrogen) atoms. The first kappa shape index (κ1) is 14.2. The van der Waals surface area contributed by atoms with Crippen LogP contribution in [0.4, 0.5) is 5.69 Å². The van der Waals surface area contributed by atoms with E-state index in [-0.39, 0.29) is 11.3 Å². The predicted octanol–water partition coefficient (Wildman–Crippen LogP) is 4.94. The lowest BCUT2D eigenvalue weighted by atomic mass is 9.79. The molecule has 0 bridgehead atoms. The van der Waals surface area contributed by atoms with Crippen molar-refractivity contribution in [1.82, 2.24) is 0 Å². The summed E-state index contributed by atoms with van der Waals surface area (Å²) in [7, 11) is 0. The number of benzene rings is 1. The summed E-state index contributed by atoms with van der Waals surface area (Å²) in [5, 5.41) is 3.45. The molecule has 0 spiro atoms. The summed E-state index contributed by atoms with van der Waals surface area (Å²) < 4.78 is 0. The zero-order valence-electron chi connectivity index (χ0n) is 11.6. The van der Waals surface area contributed by atoms with Crippen molar-refractivity contribution in [3.8, 4) is 0 Å². The smallest absolute Gasteiger partial charge is 0.228 e. The van der Waals surface area contributed by atoms with Crippen LogP contribution in [-0.4, -0.2) is 5.91 Å². The molecule has 0 aromatic heterocycles. The standard InChI is InChI=1S/C16H19Cl2NO/c1-9-2-4-10(5-3-9)16(18)12-6-11-7-15(20)19-14(11)8-13(12)17/h6,8-10,16H,2-5,7H2,1H3,(H,19,20). The van der Waals surface area contributed by atoms with E-state index in [1.165, 1.54) is 25.7 Å². The quantitative estimate of drug-likeness (QED) is 0.770. The summed E-state index contributed by atoms with van der Waals surface area (Å²) in [6.07, 6.45) is 5.26. The third-order valence-electron chi connectivity index (χ3n) is 4.62. The van der Waals surface area contributed by atoms with E-state index in [2.05, 4.69) is 12.2 Å². The molecular formula is C16H19Cl2NO. The number of alkyl halides is 1. The van der Waals surface area contributed by atoms with E-state index in [1.807, 2.05) is 12.1 Å². The van der Waals surface area contributed by atoms with Gasteiger partial charge in [-0.15, -0.1) is 11.6 Å². The van der Waals surface area contributed by atoms with Crippen molar-refractivity contribution in [3.05, 3.63) is 28.3 Å². The summed E-state index contributed by atoms with van der Waals surface area (Å²) in [4.78, 5) is 11.4. The first-order chi connectivity index (χ1) is 9.54. The summed E-state index contributed by atoms with van der Waals surface area (Å²) in [5.74, 6) is 1.34. The van der Waals surface area contributed by atoms with E-state index in [9.17, 15) is 4.79 Å². The fourth-order valence-corrected chi connectivity index (χ4v) is 4.08. The van der Waals surface area contributed by atoms with Gasteiger partial charge in [-0.25, -0.2) is 0 Å². The van der Waals surface area contributed by atoms with Crippen LogP contribution in [0.2, 0.25) is 5.02 Å². The van der Waals surface area contributed by atoms with Crippen molar-refractivity contribution in [3.63, 3.8) is 0 Å². The van der Waals surface area contributed by atoms with Crippen LogP contribution in [0.1, 0.15) is 49.1 Å². The second-order valence-electron chi connectivity index (χ2n) is 6.18. The maximum absolute atomic E-state index is 11.4. The molecule has 1 N–H and O–H groups in total. The predicted molar refractivity (Wildman–Crippen MR) is 83.5 cm³/mol. The van der Waals surface area contributed by atoms with Crippen molar-refractivity contribution in [2.45, 2.75) is 44.4 Å². The van der Waals surface area contributed by atoms with Crippen LogP contribution < -0.4 is 5.32 Å². The van der Waals surface area contributed by atoms with E-state index in [0.29, 0.717) is 17.4 Å². The first-order valence-electron chi connectivity index (χ1n) is 7.31. The van der Waals surface area contributed by atoms with E-state index in [0.717, 1.165) is 22.7 Å². The SMILES string of the molecule is CC1CCC(C(Cl)c2cc3c(cc2Cl)NC(=O)C3)CC1. The molecule has 1 aliphatic heterocycles. The zero-order chi connectivity index (χ0) is 14.3. The molecule has 1 aromatic carbocycles. The molecule has 2 aliphatic rings. The molecule has 3 rings (SSSR count). The number of rotatable bonds is 2. The third-order valence-corrected chi connectivity index (χ3v) is 5.54. The molecular weight excluding hydrogens is 293 g/mol. The lowest BCUT2D eigenvalue weighted by Crippen LogP contribution is -2.16. The maximum Gasteiger partial charge on any atom is 0.228 e. The molecule has 1 amide bonds. The van der Waals surface area contributed by atoms with Crippen LogP contribution in [0.5, 0.6) is 0 Å². The number of anilines is 1. The Hall–Kier alpha value is -0.730. The molecule has 1 atom stereocenters. The number of hydrogen-bond acceptors (Lipinski definition) is 1. The minimum atomic E-state index is -0.0454. The van der Waals surface area contributed by atoms with Crippen LogP contribution in [0.25, 0.3) is 0 Å². The highest BCUT2D eigenvalue weighted by Crippen LogP contribution is 2.44. The number of carbonyl (C=O) groups excluding carboxylic acids is 1. The highest BCUT2D eigenvalue weighted by Gasteiger charge is 2.29. The molecule has 1 unspecified atom stereocenters. The van der Waals surface area contributed by atoms with Gasteiger partial charge < -0.3 is 5.32 Å². The number of fused-ring (bicyclic) bond motifs is 1. The Morgan fingerprint density at radius 3 is 2.65 bits per heavy atom. The van der Waals surface area contributed by atoms with Gasteiger partial charge in [-0.2, -0.15) is 0 Å². The monoisotopic (exact) mass is 311 g/mol. The van der Waals surface area contributed by atoms with Gasteiger partial charge in [-0.05, 0) is 41.9 Å². The van der Waals surface area contributed by atoms with Crippen LogP contribution in [0.15, 0.2) is 12.1 Å². The summed E-state index contributed by atoms with van der Waals surface area (Å²) in [6.45, 7) is 2.30. The Labute approximate surface area is 129 Å². The second-order valence-corrected chi connectivity index (χ2v) is 7.05. The minimum absolute atomic E-state index is 0.0332. The van der Waals surface area contributed by atoms with Crippen molar-refractivity contribution in [2.75, 3.05) is 5.32 Å². The van der Waals surface area contributed by atoms with Gasteiger partial charge in [0.25, 0.3) is 0 Å². The summed E-state index contributed by atoms with van der Waals surface area (Å²) >= 11 is 13.0. The highest BCUT2D eigenvalue weighted by atomic mass is 35.5. The Kier molecular flexibility index (Phi) is 3.96. The van der Waals surface area contributed by atoms with E-state index >= 15 is 0 Å². The molecule has 1 saturated carbocycles. The molecule has 1 aliphatic carbocycles. The number of halogens is 2. The number of nitrogens with one attached hydrogen (secondary N) is 1. The summed E-state index contributed by atoms with van der Waals surface area (Å²) in [5.41, 5.74) is 2.84. The number of hydrogen-bond donors (Lipinski definition) is 1. The van der Waals surface area contributed by atoms with Gasteiger partial charge in [0, 0.05) is 10.7 Å². The van der Waals surface area contributed by atoms with Gasteiger partial charge >= 0.3 is 0 Å². The maximum atomic E-state index is 11.4. The largest absolute Gasteiger partial charge is 0.325 e.